The van der Waals surface area contributed by atoms with Crippen molar-refractivity contribution in [3.8, 4) is 0 Å². The van der Waals surface area contributed by atoms with Crippen LogP contribution in [0.3, 0.4) is 0 Å². The smallest absolute Gasteiger partial charge is 0.0879 e. The number of aliphatic hydroxyl groups is 1. The summed E-state index contributed by atoms with van der Waals surface area (Å²) in [5.41, 5.74) is 1.90. The van der Waals surface area contributed by atoms with Crippen LogP contribution in [0.5, 0.6) is 0 Å². The Labute approximate surface area is 93.2 Å². The molecule has 15 heavy (non-hydrogen) atoms. The maximum atomic E-state index is 10.1. The van der Waals surface area contributed by atoms with Crippen molar-refractivity contribution in [3.63, 3.8) is 0 Å². The zero-order valence-electron chi connectivity index (χ0n) is 8.50. The highest BCUT2D eigenvalue weighted by Crippen LogP contribution is 2.30. The van der Waals surface area contributed by atoms with Gasteiger partial charge in [0.05, 0.1) is 6.10 Å². The second kappa shape index (κ2) is 4.55. The monoisotopic (exact) mass is 219 g/mol. The number of hydrogen-bond acceptors (Lipinski definition) is 3. The highest BCUT2D eigenvalue weighted by atomic mass is 32.1. The molecule has 2 rings (SSSR count). The van der Waals surface area contributed by atoms with E-state index in [1.165, 1.54) is 0 Å². The van der Waals surface area contributed by atoms with Crippen LogP contribution < -0.4 is 0 Å². The van der Waals surface area contributed by atoms with Crippen LogP contribution in [-0.2, 0) is 0 Å². The number of nitrogens with zero attached hydrogens (tertiary/aromatic N) is 1. The maximum absolute atomic E-state index is 10.1. The third kappa shape index (κ3) is 2.25. The topological polar surface area (TPSA) is 33.1 Å². The van der Waals surface area contributed by atoms with Crippen LogP contribution in [0.15, 0.2) is 41.2 Å². The molecule has 0 aliphatic heterocycles. The van der Waals surface area contributed by atoms with Crippen molar-refractivity contribution in [3.05, 3.63) is 52.5 Å². The molecule has 1 N–H and O–H groups in total. The van der Waals surface area contributed by atoms with Gasteiger partial charge in [0.25, 0.3) is 0 Å². The van der Waals surface area contributed by atoms with Crippen LogP contribution in [0.25, 0.3) is 0 Å². The van der Waals surface area contributed by atoms with E-state index in [-0.39, 0.29) is 5.92 Å². The van der Waals surface area contributed by atoms with Gasteiger partial charge in [-0.3, -0.25) is 4.98 Å². The van der Waals surface area contributed by atoms with Gasteiger partial charge in [-0.1, -0.05) is 13.0 Å². The summed E-state index contributed by atoms with van der Waals surface area (Å²) in [5, 5.41) is 14.1. The zero-order valence-corrected chi connectivity index (χ0v) is 9.32. The van der Waals surface area contributed by atoms with Crippen LogP contribution >= 0.6 is 11.3 Å². The molecular formula is C12H13NOS. The van der Waals surface area contributed by atoms with E-state index < -0.39 is 6.10 Å². The summed E-state index contributed by atoms with van der Waals surface area (Å²) in [6.45, 7) is 1.99. The minimum absolute atomic E-state index is 0.0285. The van der Waals surface area contributed by atoms with E-state index in [9.17, 15) is 5.11 Å². The predicted molar refractivity (Wildman–Crippen MR) is 61.9 cm³/mol. The number of aromatic nitrogens is 1. The molecule has 0 amide bonds. The Kier molecular flexibility index (Phi) is 3.14. The Bertz CT molecular complexity index is 399. The SMILES string of the molecule is CC(c1ccccn1)C(O)c1ccsc1. The Morgan fingerprint density at radius 2 is 2.20 bits per heavy atom. The third-order valence-electron chi connectivity index (χ3n) is 2.51. The van der Waals surface area contributed by atoms with E-state index in [4.69, 9.17) is 0 Å². The molecule has 2 unspecified atom stereocenters. The van der Waals surface area contributed by atoms with Crippen molar-refractivity contribution in [2.24, 2.45) is 0 Å². The summed E-state index contributed by atoms with van der Waals surface area (Å²) in [6.07, 6.45) is 1.29. The van der Waals surface area contributed by atoms with Crippen molar-refractivity contribution in [1.82, 2.24) is 4.98 Å². The minimum atomic E-state index is -0.467. The first-order chi connectivity index (χ1) is 7.29. The van der Waals surface area contributed by atoms with E-state index in [2.05, 4.69) is 4.98 Å². The third-order valence-corrected chi connectivity index (χ3v) is 3.21. The van der Waals surface area contributed by atoms with Crippen molar-refractivity contribution in [2.75, 3.05) is 0 Å². The molecule has 2 aromatic rings. The summed E-state index contributed by atoms with van der Waals surface area (Å²) >= 11 is 1.60. The quantitative estimate of drug-likeness (QED) is 0.861. The Hall–Kier alpha value is -1.19. The lowest BCUT2D eigenvalue weighted by atomic mass is 9.96. The summed E-state index contributed by atoms with van der Waals surface area (Å²) in [6, 6.07) is 7.72. The van der Waals surface area contributed by atoms with Gasteiger partial charge in [-0.15, -0.1) is 0 Å². The molecule has 2 heterocycles. The molecule has 0 spiro atoms. The van der Waals surface area contributed by atoms with Gasteiger partial charge >= 0.3 is 0 Å². The van der Waals surface area contributed by atoms with Crippen LogP contribution in [0.1, 0.15) is 30.2 Å². The molecule has 0 aliphatic carbocycles. The Morgan fingerprint density at radius 3 is 2.80 bits per heavy atom. The fraction of sp³-hybridized carbons (Fsp3) is 0.250. The average Bonchev–Trinajstić information content (AvgIpc) is 2.82. The molecular weight excluding hydrogens is 206 g/mol. The lowest BCUT2D eigenvalue weighted by molar-refractivity contribution is 0.150. The zero-order chi connectivity index (χ0) is 10.7. The number of rotatable bonds is 3. The number of pyridine rings is 1. The van der Waals surface area contributed by atoms with E-state index in [0.29, 0.717) is 0 Å². The number of aliphatic hydroxyl groups excluding tert-OH is 1. The summed E-state index contributed by atoms with van der Waals surface area (Å²) in [7, 11) is 0. The van der Waals surface area contributed by atoms with Crippen molar-refractivity contribution >= 4 is 11.3 Å². The molecule has 2 atom stereocenters. The number of hydrogen-bond donors (Lipinski definition) is 1. The lowest BCUT2D eigenvalue weighted by Gasteiger charge is -2.17. The van der Waals surface area contributed by atoms with Gasteiger partial charge in [0.1, 0.15) is 0 Å². The van der Waals surface area contributed by atoms with Gasteiger partial charge in [0, 0.05) is 17.8 Å². The molecule has 0 fully saturated rings. The fourth-order valence-corrected chi connectivity index (χ4v) is 2.23. The predicted octanol–water partition coefficient (Wildman–Crippen LogP) is 2.98. The first-order valence-corrected chi connectivity index (χ1v) is 5.84. The highest BCUT2D eigenvalue weighted by molar-refractivity contribution is 7.07. The number of thiophene rings is 1. The molecule has 78 valence electrons. The van der Waals surface area contributed by atoms with E-state index in [1.807, 2.05) is 41.9 Å². The maximum Gasteiger partial charge on any atom is 0.0879 e. The first-order valence-electron chi connectivity index (χ1n) is 4.90. The van der Waals surface area contributed by atoms with Gasteiger partial charge in [0.15, 0.2) is 0 Å². The van der Waals surface area contributed by atoms with E-state index in [0.717, 1.165) is 11.3 Å². The second-order valence-corrected chi connectivity index (χ2v) is 4.32. The van der Waals surface area contributed by atoms with Crippen LogP contribution in [0.4, 0.5) is 0 Å². The van der Waals surface area contributed by atoms with Crippen molar-refractivity contribution in [2.45, 2.75) is 18.9 Å². The van der Waals surface area contributed by atoms with Gasteiger partial charge in [0.2, 0.25) is 0 Å². The molecule has 0 radical (unpaired) electrons. The molecule has 0 aliphatic rings. The van der Waals surface area contributed by atoms with Crippen molar-refractivity contribution in [1.29, 1.82) is 0 Å². The molecule has 2 aromatic heterocycles. The molecule has 2 nitrogen and oxygen atoms in total. The van der Waals surface area contributed by atoms with E-state index in [1.54, 1.807) is 17.5 Å². The second-order valence-electron chi connectivity index (χ2n) is 3.54. The molecule has 0 bridgehead atoms. The van der Waals surface area contributed by atoms with Crippen LogP contribution in [-0.4, -0.2) is 10.1 Å². The van der Waals surface area contributed by atoms with Crippen LogP contribution in [0, 0.1) is 0 Å². The van der Waals surface area contributed by atoms with Crippen LogP contribution in [0.2, 0.25) is 0 Å². The largest absolute Gasteiger partial charge is 0.388 e. The van der Waals surface area contributed by atoms with Crippen molar-refractivity contribution < 1.29 is 5.11 Å². The highest BCUT2D eigenvalue weighted by Gasteiger charge is 2.19. The standard InChI is InChI=1S/C12H13NOS/c1-9(11-4-2-3-6-13-11)12(14)10-5-7-15-8-10/h2-9,12,14H,1H3. The molecule has 3 heteroatoms. The molecule has 0 saturated carbocycles. The molecule has 0 saturated heterocycles. The summed E-state index contributed by atoms with van der Waals surface area (Å²) in [5.74, 6) is 0.0285. The lowest BCUT2D eigenvalue weighted by Crippen LogP contribution is -2.08. The van der Waals surface area contributed by atoms with Gasteiger partial charge in [-0.25, -0.2) is 0 Å². The normalized spacial score (nSPS) is 14.8. The van der Waals surface area contributed by atoms with Gasteiger partial charge in [-0.05, 0) is 34.5 Å². The Balaban J connectivity index is 2.18. The molecule has 0 aromatic carbocycles. The summed E-state index contributed by atoms with van der Waals surface area (Å²) in [4.78, 5) is 4.25. The summed E-state index contributed by atoms with van der Waals surface area (Å²) < 4.78 is 0. The minimum Gasteiger partial charge on any atom is -0.388 e. The Morgan fingerprint density at radius 1 is 1.33 bits per heavy atom. The fourth-order valence-electron chi connectivity index (χ4n) is 1.54. The van der Waals surface area contributed by atoms with Gasteiger partial charge < -0.3 is 5.11 Å². The average molecular weight is 219 g/mol. The van der Waals surface area contributed by atoms with E-state index >= 15 is 0 Å². The van der Waals surface area contributed by atoms with Gasteiger partial charge in [-0.2, -0.15) is 11.3 Å². The first kappa shape index (κ1) is 10.3.